The SMILES string of the molecule is CC1CCN(c2ccc(NC(=O)CC(=O)NCc3ccc(F)cc3)cc2)CC1. The number of halogens is 1. The first kappa shape index (κ1) is 19.9. The molecule has 0 radical (unpaired) electrons. The van der Waals surface area contributed by atoms with Crippen LogP contribution in [0.1, 0.15) is 31.7 Å². The summed E-state index contributed by atoms with van der Waals surface area (Å²) in [5.74, 6) is -0.281. The molecule has 3 rings (SSSR count). The van der Waals surface area contributed by atoms with Gasteiger partial charge in [-0.25, -0.2) is 4.39 Å². The molecule has 1 aliphatic heterocycles. The van der Waals surface area contributed by atoms with Crippen molar-refractivity contribution in [3.63, 3.8) is 0 Å². The number of carbonyl (C=O) groups is 2. The summed E-state index contributed by atoms with van der Waals surface area (Å²) in [6.07, 6.45) is 2.14. The van der Waals surface area contributed by atoms with E-state index in [0.717, 1.165) is 30.3 Å². The summed E-state index contributed by atoms with van der Waals surface area (Å²) in [5, 5.41) is 5.41. The van der Waals surface area contributed by atoms with Crippen LogP contribution in [0.2, 0.25) is 0 Å². The van der Waals surface area contributed by atoms with Crippen LogP contribution in [0, 0.1) is 11.7 Å². The van der Waals surface area contributed by atoms with Gasteiger partial charge in [-0.1, -0.05) is 19.1 Å². The zero-order chi connectivity index (χ0) is 19.9. The van der Waals surface area contributed by atoms with Crippen molar-refractivity contribution >= 4 is 23.2 Å². The molecule has 148 valence electrons. The first-order valence-corrected chi connectivity index (χ1v) is 9.65. The number of anilines is 2. The van der Waals surface area contributed by atoms with Crippen LogP contribution in [0.25, 0.3) is 0 Å². The molecule has 0 spiro atoms. The Bertz CT molecular complexity index is 798. The van der Waals surface area contributed by atoms with Gasteiger partial charge in [-0.3, -0.25) is 9.59 Å². The molecule has 2 aromatic carbocycles. The first-order valence-electron chi connectivity index (χ1n) is 9.65. The van der Waals surface area contributed by atoms with Crippen LogP contribution in [0.3, 0.4) is 0 Å². The van der Waals surface area contributed by atoms with E-state index in [1.54, 1.807) is 12.1 Å². The summed E-state index contributed by atoms with van der Waals surface area (Å²) in [7, 11) is 0. The molecule has 0 unspecified atom stereocenters. The summed E-state index contributed by atoms with van der Waals surface area (Å²) in [4.78, 5) is 26.3. The Morgan fingerprint density at radius 1 is 1.00 bits per heavy atom. The molecule has 1 aliphatic rings. The third-order valence-corrected chi connectivity index (χ3v) is 5.02. The van der Waals surface area contributed by atoms with Gasteiger partial charge in [-0.05, 0) is 60.7 Å². The van der Waals surface area contributed by atoms with Crippen molar-refractivity contribution in [3.8, 4) is 0 Å². The van der Waals surface area contributed by atoms with Crippen LogP contribution in [0.15, 0.2) is 48.5 Å². The molecule has 2 N–H and O–H groups in total. The smallest absolute Gasteiger partial charge is 0.233 e. The van der Waals surface area contributed by atoms with Gasteiger partial charge < -0.3 is 15.5 Å². The van der Waals surface area contributed by atoms with Crippen molar-refractivity contribution < 1.29 is 14.0 Å². The quantitative estimate of drug-likeness (QED) is 0.748. The number of rotatable bonds is 6. The molecule has 0 aliphatic carbocycles. The zero-order valence-electron chi connectivity index (χ0n) is 16.1. The maximum atomic E-state index is 12.9. The number of nitrogens with one attached hydrogen (secondary N) is 2. The van der Waals surface area contributed by atoms with Crippen LogP contribution in [-0.2, 0) is 16.1 Å². The van der Waals surface area contributed by atoms with Gasteiger partial charge in [-0.2, -0.15) is 0 Å². The Balaban J connectivity index is 1.43. The average Bonchev–Trinajstić information content (AvgIpc) is 2.69. The number of hydrogen-bond donors (Lipinski definition) is 2. The van der Waals surface area contributed by atoms with Gasteiger partial charge in [0, 0.05) is 31.0 Å². The molecule has 5 nitrogen and oxygen atoms in total. The Kier molecular flexibility index (Phi) is 6.63. The lowest BCUT2D eigenvalue weighted by atomic mass is 9.99. The maximum absolute atomic E-state index is 12.9. The fraction of sp³-hybridized carbons (Fsp3) is 0.364. The minimum atomic E-state index is -0.374. The topological polar surface area (TPSA) is 61.4 Å². The molecule has 2 amide bonds. The fourth-order valence-electron chi connectivity index (χ4n) is 3.24. The lowest BCUT2D eigenvalue weighted by molar-refractivity contribution is -0.126. The van der Waals surface area contributed by atoms with E-state index < -0.39 is 0 Å². The van der Waals surface area contributed by atoms with E-state index in [4.69, 9.17) is 0 Å². The lowest BCUT2D eigenvalue weighted by Crippen LogP contribution is -2.32. The maximum Gasteiger partial charge on any atom is 0.233 e. The van der Waals surface area contributed by atoms with Crippen LogP contribution in [0.4, 0.5) is 15.8 Å². The Hall–Kier alpha value is -2.89. The summed E-state index contributed by atoms with van der Waals surface area (Å²) in [5.41, 5.74) is 2.60. The number of benzene rings is 2. The van der Waals surface area contributed by atoms with Crippen LogP contribution in [0.5, 0.6) is 0 Å². The summed E-state index contributed by atoms with van der Waals surface area (Å²) < 4.78 is 12.9. The van der Waals surface area contributed by atoms with Crippen LogP contribution < -0.4 is 15.5 Å². The van der Waals surface area contributed by atoms with Gasteiger partial charge in [0.1, 0.15) is 12.2 Å². The average molecular weight is 383 g/mol. The second-order valence-corrected chi connectivity index (χ2v) is 7.34. The molecule has 6 heteroatoms. The normalized spacial score (nSPS) is 14.6. The van der Waals surface area contributed by atoms with E-state index >= 15 is 0 Å². The molecule has 0 atom stereocenters. The van der Waals surface area contributed by atoms with Gasteiger partial charge in [0.15, 0.2) is 0 Å². The van der Waals surface area contributed by atoms with Gasteiger partial charge in [-0.15, -0.1) is 0 Å². The van der Waals surface area contributed by atoms with Gasteiger partial charge in [0.2, 0.25) is 11.8 Å². The van der Waals surface area contributed by atoms with E-state index in [2.05, 4.69) is 22.5 Å². The standard InChI is InChI=1S/C22H26FN3O2/c1-16-10-12-26(13-11-16)20-8-6-19(7-9-20)25-22(28)14-21(27)24-15-17-2-4-18(23)5-3-17/h2-9,16H,10-15H2,1H3,(H,24,27)(H,25,28). The monoisotopic (exact) mass is 383 g/mol. The summed E-state index contributed by atoms with van der Waals surface area (Å²) in [6.45, 7) is 4.66. The minimum Gasteiger partial charge on any atom is -0.372 e. The van der Waals surface area contributed by atoms with Crippen LogP contribution >= 0.6 is 0 Å². The highest BCUT2D eigenvalue weighted by atomic mass is 19.1. The molecule has 1 fully saturated rings. The number of nitrogens with zero attached hydrogens (tertiary/aromatic N) is 1. The second kappa shape index (κ2) is 9.35. The predicted molar refractivity (Wildman–Crippen MR) is 109 cm³/mol. The highest BCUT2D eigenvalue weighted by Crippen LogP contribution is 2.24. The number of carbonyl (C=O) groups excluding carboxylic acids is 2. The molecule has 0 bridgehead atoms. The molecule has 1 heterocycles. The highest BCUT2D eigenvalue weighted by Gasteiger charge is 2.16. The number of piperidine rings is 1. The highest BCUT2D eigenvalue weighted by molar-refractivity contribution is 6.03. The first-order chi connectivity index (χ1) is 13.5. The van der Waals surface area contributed by atoms with Crippen molar-refractivity contribution in [1.82, 2.24) is 5.32 Å². The van der Waals surface area contributed by atoms with Gasteiger partial charge in [0.05, 0.1) is 0 Å². The lowest BCUT2D eigenvalue weighted by Gasteiger charge is -2.32. The molecule has 2 aromatic rings. The molecular weight excluding hydrogens is 357 g/mol. The largest absolute Gasteiger partial charge is 0.372 e. The van der Waals surface area contributed by atoms with E-state index in [-0.39, 0.29) is 30.6 Å². The van der Waals surface area contributed by atoms with Crippen molar-refractivity contribution in [2.75, 3.05) is 23.3 Å². The van der Waals surface area contributed by atoms with E-state index in [9.17, 15) is 14.0 Å². The van der Waals surface area contributed by atoms with Crippen LogP contribution in [-0.4, -0.2) is 24.9 Å². The zero-order valence-corrected chi connectivity index (χ0v) is 16.1. The van der Waals surface area contributed by atoms with Gasteiger partial charge in [0.25, 0.3) is 0 Å². The molecular formula is C22H26FN3O2. The van der Waals surface area contributed by atoms with Crippen molar-refractivity contribution in [2.45, 2.75) is 32.7 Å². The summed E-state index contributed by atoms with van der Waals surface area (Å²) >= 11 is 0. The number of amides is 2. The second-order valence-electron chi connectivity index (χ2n) is 7.34. The predicted octanol–water partition coefficient (Wildman–Crippen LogP) is 3.71. The van der Waals surface area contributed by atoms with E-state index in [1.807, 2.05) is 24.3 Å². The number of hydrogen-bond acceptors (Lipinski definition) is 3. The summed E-state index contributed by atoms with van der Waals surface area (Å²) in [6, 6.07) is 13.6. The van der Waals surface area contributed by atoms with Crippen molar-refractivity contribution in [1.29, 1.82) is 0 Å². The Labute approximate surface area is 164 Å². The Morgan fingerprint density at radius 3 is 2.29 bits per heavy atom. The Morgan fingerprint density at radius 2 is 1.64 bits per heavy atom. The molecule has 0 aromatic heterocycles. The molecule has 28 heavy (non-hydrogen) atoms. The van der Waals surface area contributed by atoms with Crippen molar-refractivity contribution in [2.24, 2.45) is 5.92 Å². The third-order valence-electron chi connectivity index (χ3n) is 5.02. The van der Waals surface area contributed by atoms with Gasteiger partial charge >= 0.3 is 0 Å². The van der Waals surface area contributed by atoms with E-state index in [1.165, 1.54) is 25.0 Å². The molecule has 1 saturated heterocycles. The fourth-order valence-corrected chi connectivity index (χ4v) is 3.24. The third kappa shape index (κ3) is 5.81. The molecule has 0 saturated carbocycles. The minimum absolute atomic E-state index is 0.257. The van der Waals surface area contributed by atoms with Crippen molar-refractivity contribution in [3.05, 3.63) is 59.9 Å². The van der Waals surface area contributed by atoms with E-state index in [0.29, 0.717) is 5.69 Å².